The van der Waals surface area contributed by atoms with Crippen LogP contribution in [0, 0.1) is 0 Å². The van der Waals surface area contributed by atoms with Gasteiger partial charge in [0.15, 0.2) is 0 Å². The van der Waals surface area contributed by atoms with Crippen LogP contribution < -0.4 is 4.74 Å². The van der Waals surface area contributed by atoms with Gasteiger partial charge < -0.3 is 4.74 Å². The Labute approximate surface area is 199 Å². The van der Waals surface area contributed by atoms with Crippen LogP contribution in [0.25, 0.3) is 16.7 Å². The second-order valence-electron chi connectivity index (χ2n) is 8.00. The number of ether oxygens (including phenoxy) is 1. The Balaban J connectivity index is 0.00000306. The van der Waals surface area contributed by atoms with Crippen LogP contribution in [0.1, 0.15) is 23.1 Å². The number of hydrogen-bond donors (Lipinski definition) is 0. The highest BCUT2D eigenvalue weighted by Crippen LogP contribution is 2.32. The number of methoxy groups -OCH3 is 1. The van der Waals surface area contributed by atoms with E-state index in [2.05, 4.69) is 35.2 Å². The Kier molecular flexibility index (Phi) is 8.22. The van der Waals surface area contributed by atoms with Crippen molar-refractivity contribution in [3.63, 3.8) is 0 Å². The molecule has 33 heavy (non-hydrogen) atoms. The lowest BCUT2D eigenvalue weighted by atomic mass is 9.97. The predicted molar refractivity (Wildman–Crippen MR) is 130 cm³/mol. The first-order chi connectivity index (χ1) is 15.4. The number of nitrogens with zero attached hydrogens (tertiary/aromatic N) is 1. The molecule has 0 saturated carbocycles. The van der Waals surface area contributed by atoms with Crippen LogP contribution in [0.3, 0.4) is 0 Å². The summed E-state index contributed by atoms with van der Waals surface area (Å²) in [5, 5.41) is 0. The van der Waals surface area contributed by atoms with E-state index in [4.69, 9.17) is 4.74 Å². The van der Waals surface area contributed by atoms with Gasteiger partial charge in [-0.3, -0.25) is 4.90 Å². The van der Waals surface area contributed by atoms with Crippen LogP contribution in [-0.4, -0.2) is 31.6 Å². The van der Waals surface area contributed by atoms with E-state index in [1.165, 1.54) is 17.7 Å². The molecular weight excluding hydrogens is 447 g/mol. The Bertz CT molecular complexity index is 1100. The van der Waals surface area contributed by atoms with Gasteiger partial charge in [0.05, 0.1) is 12.7 Å². The van der Waals surface area contributed by atoms with Crippen LogP contribution in [0.4, 0.5) is 13.2 Å². The van der Waals surface area contributed by atoms with E-state index in [0.717, 1.165) is 61.0 Å². The van der Waals surface area contributed by atoms with Crippen molar-refractivity contribution >= 4 is 18.0 Å². The molecule has 0 aliphatic carbocycles. The van der Waals surface area contributed by atoms with Crippen molar-refractivity contribution in [2.45, 2.75) is 19.0 Å². The largest absolute Gasteiger partial charge is 0.496 e. The van der Waals surface area contributed by atoms with Gasteiger partial charge in [0.1, 0.15) is 5.75 Å². The summed E-state index contributed by atoms with van der Waals surface area (Å²) in [5.74, 6) is 0.877. The summed E-state index contributed by atoms with van der Waals surface area (Å²) in [6.07, 6.45) is -0.680. The molecule has 0 unspecified atom stereocenters. The first-order valence-corrected chi connectivity index (χ1v) is 10.8. The summed E-state index contributed by atoms with van der Waals surface area (Å²) < 4.78 is 44.6. The van der Waals surface area contributed by atoms with Crippen LogP contribution >= 0.6 is 12.4 Å². The topological polar surface area (TPSA) is 12.5 Å². The highest BCUT2D eigenvalue weighted by atomic mass is 35.5. The molecule has 0 radical (unpaired) electrons. The molecule has 0 spiro atoms. The molecule has 6 heteroatoms. The van der Waals surface area contributed by atoms with Crippen LogP contribution in [0.2, 0.25) is 0 Å². The SMILES string of the molecule is COc1ccc(-c2ccccc2)cc1CCN1CC=C(c2cccc(C(F)(F)F)c2)CC1.Cl. The van der Waals surface area contributed by atoms with Crippen molar-refractivity contribution in [3.05, 3.63) is 95.6 Å². The predicted octanol–water partition coefficient (Wildman–Crippen LogP) is 7.13. The number of benzene rings is 3. The first kappa shape index (κ1) is 24.9. The molecule has 4 rings (SSSR count). The van der Waals surface area contributed by atoms with E-state index < -0.39 is 11.7 Å². The smallest absolute Gasteiger partial charge is 0.416 e. The van der Waals surface area contributed by atoms with E-state index in [9.17, 15) is 13.2 Å². The molecule has 3 aromatic rings. The number of rotatable bonds is 6. The third kappa shape index (κ3) is 6.18. The number of alkyl halides is 3. The van der Waals surface area contributed by atoms with E-state index in [1.807, 2.05) is 24.3 Å². The molecule has 0 fully saturated rings. The summed E-state index contributed by atoms with van der Waals surface area (Å²) >= 11 is 0. The highest BCUT2D eigenvalue weighted by Gasteiger charge is 2.30. The molecule has 1 aliphatic heterocycles. The number of hydrogen-bond acceptors (Lipinski definition) is 2. The fourth-order valence-corrected chi connectivity index (χ4v) is 4.13. The van der Waals surface area contributed by atoms with Crippen molar-refractivity contribution in [1.29, 1.82) is 0 Å². The Morgan fingerprint density at radius 2 is 1.64 bits per heavy atom. The summed E-state index contributed by atoms with van der Waals surface area (Å²) in [4.78, 5) is 2.33. The standard InChI is InChI=1S/C27H26F3NO.ClH/c1-32-26-11-10-23(20-6-3-2-4-7-20)18-24(26)14-17-31-15-12-21(13-16-31)22-8-5-9-25(19-22)27(28,29)30;/h2-12,18-19H,13-17H2,1H3;1H. The summed E-state index contributed by atoms with van der Waals surface area (Å²) in [5.41, 5.74) is 4.53. The van der Waals surface area contributed by atoms with Crippen molar-refractivity contribution in [3.8, 4) is 16.9 Å². The Morgan fingerprint density at radius 1 is 0.879 bits per heavy atom. The third-order valence-electron chi connectivity index (χ3n) is 5.94. The van der Waals surface area contributed by atoms with Gasteiger partial charge in [-0.1, -0.05) is 54.6 Å². The van der Waals surface area contributed by atoms with Gasteiger partial charge in [-0.05, 0) is 64.9 Å². The first-order valence-electron chi connectivity index (χ1n) is 10.8. The molecule has 1 aliphatic rings. The van der Waals surface area contributed by atoms with Gasteiger partial charge in [0, 0.05) is 19.6 Å². The lowest BCUT2D eigenvalue weighted by molar-refractivity contribution is -0.137. The van der Waals surface area contributed by atoms with E-state index in [0.29, 0.717) is 5.56 Å². The molecule has 174 valence electrons. The van der Waals surface area contributed by atoms with Gasteiger partial charge in [-0.25, -0.2) is 0 Å². The monoisotopic (exact) mass is 473 g/mol. The molecule has 3 aromatic carbocycles. The maximum absolute atomic E-state index is 13.0. The average Bonchev–Trinajstić information content (AvgIpc) is 2.83. The molecule has 0 saturated heterocycles. The van der Waals surface area contributed by atoms with Crippen LogP contribution in [0.5, 0.6) is 5.75 Å². The zero-order chi connectivity index (χ0) is 22.6. The quantitative estimate of drug-likeness (QED) is 0.377. The normalized spacial score (nSPS) is 14.4. The Morgan fingerprint density at radius 3 is 2.30 bits per heavy atom. The van der Waals surface area contributed by atoms with Crippen molar-refractivity contribution in [2.75, 3.05) is 26.7 Å². The minimum atomic E-state index is -4.31. The van der Waals surface area contributed by atoms with E-state index in [-0.39, 0.29) is 12.4 Å². The van der Waals surface area contributed by atoms with Crippen molar-refractivity contribution < 1.29 is 17.9 Å². The molecule has 2 nitrogen and oxygen atoms in total. The minimum Gasteiger partial charge on any atom is -0.496 e. The summed E-state index contributed by atoms with van der Waals surface area (Å²) in [6, 6.07) is 22.1. The van der Waals surface area contributed by atoms with Gasteiger partial charge in [0.25, 0.3) is 0 Å². The van der Waals surface area contributed by atoms with Crippen LogP contribution in [-0.2, 0) is 12.6 Å². The summed E-state index contributed by atoms with van der Waals surface area (Å²) in [7, 11) is 1.69. The van der Waals surface area contributed by atoms with Gasteiger partial charge >= 0.3 is 6.18 Å². The fourth-order valence-electron chi connectivity index (χ4n) is 4.13. The maximum Gasteiger partial charge on any atom is 0.416 e. The molecule has 0 bridgehead atoms. The molecule has 0 aromatic heterocycles. The van der Waals surface area contributed by atoms with Gasteiger partial charge in [-0.15, -0.1) is 12.4 Å². The zero-order valence-electron chi connectivity index (χ0n) is 18.4. The van der Waals surface area contributed by atoms with Crippen molar-refractivity contribution in [1.82, 2.24) is 4.90 Å². The van der Waals surface area contributed by atoms with Crippen molar-refractivity contribution in [2.24, 2.45) is 0 Å². The minimum absolute atomic E-state index is 0. The van der Waals surface area contributed by atoms with E-state index in [1.54, 1.807) is 13.2 Å². The molecule has 0 amide bonds. The van der Waals surface area contributed by atoms with Crippen LogP contribution in [0.15, 0.2) is 78.9 Å². The fraction of sp³-hybridized carbons (Fsp3) is 0.259. The molecule has 1 heterocycles. The second-order valence-corrected chi connectivity index (χ2v) is 8.00. The average molecular weight is 474 g/mol. The third-order valence-corrected chi connectivity index (χ3v) is 5.94. The lowest BCUT2D eigenvalue weighted by Gasteiger charge is -2.27. The molecular formula is C27H27ClF3NO. The second kappa shape index (κ2) is 10.9. The molecule has 0 N–H and O–H groups in total. The lowest BCUT2D eigenvalue weighted by Crippen LogP contribution is -2.30. The maximum atomic E-state index is 13.0. The summed E-state index contributed by atoms with van der Waals surface area (Å²) in [6.45, 7) is 2.41. The zero-order valence-corrected chi connectivity index (χ0v) is 19.3. The van der Waals surface area contributed by atoms with Gasteiger partial charge in [0.2, 0.25) is 0 Å². The van der Waals surface area contributed by atoms with E-state index >= 15 is 0 Å². The highest BCUT2D eigenvalue weighted by molar-refractivity contribution is 5.85. The Hall–Kier alpha value is -2.76. The number of halogens is 4. The van der Waals surface area contributed by atoms with Gasteiger partial charge in [-0.2, -0.15) is 13.2 Å². The molecule has 0 atom stereocenters.